The zero-order valence-electron chi connectivity index (χ0n) is 16.3. The van der Waals surface area contributed by atoms with Gasteiger partial charge in [-0.2, -0.15) is 0 Å². The molecule has 8 nitrogen and oxygen atoms in total. The molecule has 0 atom stereocenters. The van der Waals surface area contributed by atoms with Crippen molar-refractivity contribution in [1.29, 1.82) is 0 Å². The Bertz CT molecular complexity index is 1400. The molecule has 0 spiro atoms. The summed E-state index contributed by atoms with van der Waals surface area (Å²) in [6, 6.07) is 13.6. The third-order valence-corrected chi connectivity index (χ3v) is 5.60. The predicted molar refractivity (Wildman–Crippen MR) is 117 cm³/mol. The van der Waals surface area contributed by atoms with E-state index in [0.717, 1.165) is 11.8 Å². The van der Waals surface area contributed by atoms with E-state index in [1.54, 1.807) is 36.7 Å². The van der Waals surface area contributed by atoms with Gasteiger partial charge in [-0.3, -0.25) is 4.79 Å². The Labute approximate surface area is 173 Å². The molecule has 4 rings (SSSR count). The molecule has 1 aromatic carbocycles. The Morgan fingerprint density at radius 1 is 0.967 bits per heavy atom. The third-order valence-electron chi connectivity index (χ3n) is 4.47. The van der Waals surface area contributed by atoms with Gasteiger partial charge >= 0.3 is 0 Å². The molecule has 152 valence electrons. The van der Waals surface area contributed by atoms with Crippen LogP contribution in [0.15, 0.2) is 70.6 Å². The van der Waals surface area contributed by atoms with Crippen molar-refractivity contribution in [2.24, 2.45) is 0 Å². The van der Waals surface area contributed by atoms with Crippen molar-refractivity contribution in [2.45, 2.75) is 11.8 Å². The number of pyridine rings is 3. The number of nitrogens with one attached hydrogen (secondary N) is 3. The predicted octanol–water partition coefficient (Wildman–Crippen LogP) is 3.52. The van der Waals surface area contributed by atoms with Crippen LogP contribution in [0.25, 0.3) is 10.8 Å². The number of aryl methyl sites for hydroxylation is 1. The van der Waals surface area contributed by atoms with Gasteiger partial charge < -0.3 is 15.6 Å². The lowest BCUT2D eigenvalue weighted by Crippen LogP contribution is -2.10. The van der Waals surface area contributed by atoms with Gasteiger partial charge in [-0.05, 0) is 66.4 Å². The normalized spacial score (nSPS) is 11.4. The van der Waals surface area contributed by atoms with Crippen LogP contribution in [0.5, 0.6) is 0 Å². The van der Waals surface area contributed by atoms with E-state index >= 15 is 0 Å². The fourth-order valence-corrected chi connectivity index (χ4v) is 3.66. The number of anilines is 4. The summed E-state index contributed by atoms with van der Waals surface area (Å²) in [4.78, 5) is 24.1. The van der Waals surface area contributed by atoms with Crippen molar-refractivity contribution in [3.8, 4) is 0 Å². The van der Waals surface area contributed by atoms with Crippen LogP contribution < -0.4 is 16.2 Å². The van der Waals surface area contributed by atoms with E-state index in [1.807, 2.05) is 19.1 Å². The van der Waals surface area contributed by atoms with E-state index in [4.69, 9.17) is 0 Å². The van der Waals surface area contributed by atoms with Crippen LogP contribution in [0.1, 0.15) is 5.56 Å². The summed E-state index contributed by atoms with van der Waals surface area (Å²) in [5.41, 5.74) is 1.37. The lowest BCUT2D eigenvalue weighted by Gasteiger charge is -2.12. The Morgan fingerprint density at radius 2 is 1.73 bits per heavy atom. The fourth-order valence-electron chi connectivity index (χ4n) is 3.03. The summed E-state index contributed by atoms with van der Waals surface area (Å²) < 4.78 is 23.3. The van der Waals surface area contributed by atoms with Gasteiger partial charge in [0.2, 0.25) is 0 Å². The monoisotopic (exact) mass is 421 g/mol. The molecule has 3 aromatic heterocycles. The number of benzene rings is 1. The molecule has 30 heavy (non-hydrogen) atoms. The average molecular weight is 421 g/mol. The van der Waals surface area contributed by atoms with E-state index in [1.165, 1.54) is 12.1 Å². The van der Waals surface area contributed by atoms with Crippen molar-refractivity contribution in [3.05, 3.63) is 76.8 Å². The molecule has 0 amide bonds. The Kier molecular flexibility index (Phi) is 4.96. The molecule has 0 bridgehead atoms. The number of rotatable bonds is 5. The van der Waals surface area contributed by atoms with Crippen LogP contribution in [-0.4, -0.2) is 29.6 Å². The molecule has 0 aliphatic carbocycles. The maximum Gasteiger partial charge on any atom is 0.259 e. The number of sulfone groups is 1. The van der Waals surface area contributed by atoms with Crippen LogP contribution in [0, 0.1) is 6.92 Å². The van der Waals surface area contributed by atoms with Crippen molar-refractivity contribution in [3.63, 3.8) is 0 Å². The van der Waals surface area contributed by atoms with Crippen LogP contribution in [0.2, 0.25) is 0 Å². The minimum atomic E-state index is -3.29. The second-order valence-electron chi connectivity index (χ2n) is 6.89. The summed E-state index contributed by atoms with van der Waals surface area (Å²) in [5, 5.41) is 7.36. The van der Waals surface area contributed by atoms with Gasteiger partial charge in [0, 0.05) is 24.3 Å². The van der Waals surface area contributed by atoms with Gasteiger partial charge in [-0.1, -0.05) is 0 Å². The van der Waals surface area contributed by atoms with Gasteiger partial charge in [-0.25, -0.2) is 18.4 Å². The first kappa shape index (κ1) is 19.6. The van der Waals surface area contributed by atoms with E-state index in [-0.39, 0.29) is 10.5 Å². The van der Waals surface area contributed by atoms with E-state index in [0.29, 0.717) is 33.9 Å². The van der Waals surface area contributed by atoms with Crippen molar-refractivity contribution >= 4 is 43.8 Å². The van der Waals surface area contributed by atoms with Crippen molar-refractivity contribution in [1.82, 2.24) is 15.0 Å². The second kappa shape index (κ2) is 7.60. The third kappa shape index (κ3) is 4.15. The first-order chi connectivity index (χ1) is 14.3. The van der Waals surface area contributed by atoms with Crippen LogP contribution in [-0.2, 0) is 9.84 Å². The molecule has 0 aliphatic heterocycles. The summed E-state index contributed by atoms with van der Waals surface area (Å²) in [5.74, 6) is 1.49. The average Bonchev–Trinajstić information content (AvgIpc) is 2.67. The minimum Gasteiger partial charge on any atom is -0.339 e. The molecular weight excluding hydrogens is 402 g/mol. The van der Waals surface area contributed by atoms with Gasteiger partial charge in [0.05, 0.1) is 10.3 Å². The van der Waals surface area contributed by atoms with Gasteiger partial charge in [0.15, 0.2) is 9.84 Å². The van der Waals surface area contributed by atoms with Crippen LogP contribution >= 0.6 is 0 Å². The molecule has 0 saturated heterocycles. The number of nitrogens with zero attached hydrogens (tertiary/aromatic N) is 2. The maximum absolute atomic E-state index is 12.4. The molecule has 3 N–H and O–H groups in total. The number of H-pyrrole nitrogens is 1. The summed E-state index contributed by atoms with van der Waals surface area (Å²) in [7, 11) is -3.29. The Hall–Kier alpha value is -3.72. The zero-order chi connectivity index (χ0) is 21.3. The topological polar surface area (TPSA) is 117 Å². The molecule has 0 radical (unpaired) electrons. The number of fused-ring (bicyclic) bond motifs is 1. The van der Waals surface area contributed by atoms with Crippen molar-refractivity contribution in [2.75, 3.05) is 16.9 Å². The Morgan fingerprint density at radius 3 is 2.43 bits per heavy atom. The number of hydrogen-bond acceptors (Lipinski definition) is 7. The standard InChI is InChI=1S/C21H19N5O3S/c1-13-7-9-22-17(11-13)25-18-12-14-8-10-23-21(27)19(14)20(26-18)24-15-3-5-16(6-4-15)30(2,28)29/h3-12H,1-2H3,(H,23,27)(H2,22,24,25,26). The number of hydrogen-bond donors (Lipinski definition) is 3. The zero-order valence-corrected chi connectivity index (χ0v) is 17.1. The first-order valence-corrected chi connectivity index (χ1v) is 11.0. The first-order valence-electron chi connectivity index (χ1n) is 9.09. The molecule has 0 unspecified atom stereocenters. The molecule has 9 heteroatoms. The minimum absolute atomic E-state index is 0.213. The van der Waals surface area contributed by atoms with Gasteiger partial charge in [0.1, 0.15) is 17.5 Å². The highest BCUT2D eigenvalue weighted by Gasteiger charge is 2.12. The lowest BCUT2D eigenvalue weighted by molar-refractivity contribution is 0.602. The maximum atomic E-state index is 12.4. The highest BCUT2D eigenvalue weighted by molar-refractivity contribution is 7.90. The molecular formula is C21H19N5O3S. The molecule has 0 fully saturated rings. The molecule has 3 heterocycles. The molecule has 0 saturated carbocycles. The smallest absolute Gasteiger partial charge is 0.259 e. The lowest BCUT2D eigenvalue weighted by atomic mass is 10.2. The largest absolute Gasteiger partial charge is 0.339 e. The van der Waals surface area contributed by atoms with Crippen molar-refractivity contribution < 1.29 is 8.42 Å². The highest BCUT2D eigenvalue weighted by Crippen LogP contribution is 2.26. The van der Waals surface area contributed by atoms with Gasteiger partial charge in [-0.15, -0.1) is 0 Å². The number of aromatic nitrogens is 3. The molecule has 4 aromatic rings. The van der Waals surface area contributed by atoms with E-state index in [2.05, 4.69) is 25.6 Å². The van der Waals surface area contributed by atoms with Crippen LogP contribution in [0.3, 0.4) is 0 Å². The number of aromatic amines is 1. The summed E-state index contributed by atoms with van der Waals surface area (Å²) in [6.07, 6.45) is 4.43. The highest BCUT2D eigenvalue weighted by atomic mass is 32.2. The van der Waals surface area contributed by atoms with E-state index in [9.17, 15) is 13.2 Å². The van der Waals surface area contributed by atoms with Gasteiger partial charge in [0.25, 0.3) is 5.56 Å². The van der Waals surface area contributed by atoms with Crippen LogP contribution in [0.4, 0.5) is 23.1 Å². The fraction of sp³-hybridized carbons (Fsp3) is 0.0952. The SMILES string of the molecule is Cc1ccnc(Nc2cc3cc[nH]c(=O)c3c(Nc3ccc(S(C)(=O)=O)cc3)n2)c1. The quantitative estimate of drug-likeness (QED) is 0.451. The van der Waals surface area contributed by atoms with E-state index < -0.39 is 9.84 Å². The Balaban J connectivity index is 1.76. The molecule has 0 aliphatic rings. The summed E-state index contributed by atoms with van der Waals surface area (Å²) in [6.45, 7) is 1.97. The second-order valence-corrected chi connectivity index (χ2v) is 8.91. The summed E-state index contributed by atoms with van der Waals surface area (Å²) >= 11 is 0.